The molecule has 9 heteroatoms. The van der Waals surface area contributed by atoms with E-state index in [0.717, 1.165) is 4.90 Å². The zero-order chi connectivity index (χ0) is 21.7. The molecule has 3 aromatic carbocycles. The Balaban J connectivity index is 1.61. The van der Waals surface area contributed by atoms with Crippen LogP contribution in [0.15, 0.2) is 75.9 Å². The van der Waals surface area contributed by atoms with Crippen molar-refractivity contribution >= 4 is 34.1 Å². The SMILES string of the molecule is O=C1c2cccc([N+](=O)[O-])c2C(=O)N1c1cccc(-c2nc3ccccc3c(=O)o2)c1. The molecule has 2 heterocycles. The molecule has 1 aliphatic heterocycles. The van der Waals surface area contributed by atoms with Gasteiger partial charge in [0.25, 0.3) is 17.5 Å². The Hall–Kier alpha value is -4.66. The fourth-order valence-corrected chi connectivity index (χ4v) is 3.57. The first-order valence-electron chi connectivity index (χ1n) is 9.12. The van der Waals surface area contributed by atoms with Gasteiger partial charge in [-0.25, -0.2) is 14.7 Å². The molecule has 9 nitrogen and oxygen atoms in total. The fraction of sp³-hybridized carbons (Fsp3) is 0. The largest absolute Gasteiger partial charge is 0.403 e. The minimum Gasteiger partial charge on any atom is -0.403 e. The number of hydrogen-bond donors (Lipinski definition) is 0. The van der Waals surface area contributed by atoms with Crippen LogP contribution in [-0.2, 0) is 0 Å². The van der Waals surface area contributed by atoms with E-state index >= 15 is 0 Å². The molecular weight excluding hydrogens is 402 g/mol. The second kappa shape index (κ2) is 6.70. The number of nitro benzene ring substituents is 1. The van der Waals surface area contributed by atoms with Crippen molar-refractivity contribution in [2.45, 2.75) is 0 Å². The summed E-state index contributed by atoms with van der Waals surface area (Å²) in [5, 5.41) is 11.6. The normalized spacial score (nSPS) is 13.0. The minimum atomic E-state index is -0.794. The number of anilines is 1. The Labute approximate surface area is 173 Å². The van der Waals surface area contributed by atoms with Crippen LogP contribution in [0.4, 0.5) is 11.4 Å². The maximum absolute atomic E-state index is 12.9. The highest BCUT2D eigenvalue weighted by Gasteiger charge is 2.41. The van der Waals surface area contributed by atoms with Crippen LogP contribution in [0, 0.1) is 10.1 Å². The highest BCUT2D eigenvalue weighted by molar-refractivity contribution is 6.35. The van der Waals surface area contributed by atoms with E-state index in [0.29, 0.717) is 16.5 Å². The predicted octanol–water partition coefficient (Wildman–Crippen LogP) is 3.56. The van der Waals surface area contributed by atoms with Gasteiger partial charge in [0.2, 0.25) is 5.89 Å². The molecular formula is C22H11N3O6. The molecule has 0 fully saturated rings. The number of aromatic nitrogens is 1. The van der Waals surface area contributed by atoms with Crippen LogP contribution in [0.1, 0.15) is 20.7 Å². The van der Waals surface area contributed by atoms with Crippen LogP contribution in [0.3, 0.4) is 0 Å². The van der Waals surface area contributed by atoms with Crippen molar-refractivity contribution in [3.8, 4) is 11.5 Å². The maximum atomic E-state index is 12.9. The van der Waals surface area contributed by atoms with E-state index in [-0.39, 0.29) is 22.7 Å². The fourth-order valence-electron chi connectivity index (χ4n) is 3.57. The summed E-state index contributed by atoms with van der Waals surface area (Å²) in [6.45, 7) is 0. The van der Waals surface area contributed by atoms with Gasteiger partial charge in [-0.15, -0.1) is 0 Å². The Morgan fingerprint density at radius 1 is 0.903 bits per heavy atom. The van der Waals surface area contributed by atoms with Crippen LogP contribution >= 0.6 is 0 Å². The lowest BCUT2D eigenvalue weighted by Crippen LogP contribution is -2.29. The van der Waals surface area contributed by atoms with Crippen LogP contribution in [0.2, 0.25) is 0 Å². The summed E-state index contributed by atoms with van der Waals surface area (Å²) in [5.74, 6) is -1.45. The summed E-state index contributed by atoms with van der Waals surface area (Å²) >= 11 is 0. The lowest BCUT2D eigenvalue weighted by atomic mass is 10.1. The van der Waals surface area contributed by atoms with E-state index in [1.807, 2.05) is 0 Å². The third-order valence-corrected chi connectivity index (χ3v) is 4.98. The summed E-state index contributed by atoms with van der Waals surface area (Å²) < 4.78 is 5.32. The van der Waals surface area contributed by atoms with Gasteiger partial charge in [-0.2, -0.15) is 0 Å². The Bertz CT molecular complexity index is 1490. The maximum Gasteiger partial charge on any atom is 0.347 e. The lowest BCUT2D eigenvalue weighted by molar-refractivity contribution is -0.385. The number of carbonyl (C=O) groups excluding carboxylic acids is 2. The van der Waals surface area contributed by atoms with E-state index in [1.54, 1.807) is 36.4 Å². The number of para-hydroxylation sites is 1. The first-order valence-corrected chi connectivity index (χ1v) is 9.12. The van der Waals surface area contributed by atoms with Crippen LogP contribution < -0.4 is 10.5 Å². The summed E-state index contributed by atoms with van der Waals surface area (Å²) in [5.41, 5.74) is -0.310. The average molecular weight is 413 g/mol. The summed E-state index contributed by atoms with van der Waals surface area (Å²) in [6, 6.07) is 16.8. The van der Waals surface area contributed by atoms with Crippen molar-refractivity contribution < 1.29 is 18.9 Å². The second-order valence-electron chi connectivity index (χ2n) is 6.78. The summed E-state index contributed by atoms with van der Waals surface area (Å²) in [6.07, 6.45) is 0. The van der Waals surface area contributed by atoms with Gasteiger partial charge in [-0.3, -0.25) is 19.7 Å². The molecule has 1 aliphatic rings. The quantitative estimate of drug-likeness (QED) is 0.286. The summed E-state index contributed by atoms with van der Waals surface area (Å²) in [4.78, 5) is 53.9. The van der Waals surface area contributed by atoms with Crippen LogP contribution in [-0.4, -0.2) is 21.7 Å². The molecule has 0 saturated carbocycles. The van der Waals surface area contributed by atoms with E-state index in [1.165, 1.54) is 30.3 Å². The monoisotopic (exact) mass is 413 g/mol. The molecule has 0 radical (unpaired) electrons. The molecule has 0 saturated heterocycles. The standard InChI is InChI=1S/C22H11N3O6/c26-20-15-8-4-10-17(25(29)30)18(15)21(27)24(20)13-6-3-5-12(11-13)19-23-16-9-2-1-7-14(16)22(28)31-19/h1-11H. The van der Waals surface area contributed by atoms with Crippen molar-refractivity contribution in [3.05, 3.63) is 98.4 Å². The van der Waals surface area contributed by atoms with E-state index in [9.17, 15) is 24.5 Å². The number of carbonyl (C=O) groups is 2. The van der Waals surface area contributed by atoms with Gasteiger partial charge in [0, 0.05) is 11.6 Å². The van der Waals surface area contributed by atoms with Gasteiger partial charge < -0.3 is 4.42 Å². The van der Waals surface area contributed by atoms with E-state index < -0.39 is 28.1 Å². The number of nitrogens with zero attached hydrogens (tertiary/aromatic N) is 3. The highest BCUT2D eigenvalue weighted by atomic mass is 16.6. The molecule has 31 heavy (non-hydrogen) atoms. The molecule has 150 valence electrons. The van der Waals surface area contributed by atoms with Crippen molar-refractivity contribution in [2.24, 2.45) is 0 Å². The van der Waals surface area contributed by atoms with Crippen molar-refractivity contribution in [3.63, 3.8) is 0 Å². The zero-order valence-electron chi connectivity index (χ0n) is 15.6. The van der Waals surface area contributed by atoms with Crippen LogP contribution in [0.25, 0.3) is 22.4 Å². The molecule has 2 amide bonds. The molecule has 0 atom stereocenters. The number of rotatable bonds is 3. The third kappa shape index (κ3) is 2.79. The molecule has 4 aromatic rings. The Morgan fingerprint density at radius 3 is 2.48 bits per heavy atom. The molecule has 5 rings (SSSR count). The zero-order valence-corrected chi connectivity index (χ0v) is 15.6. The van der Waals surface area contributed by atoms with Gasteiger partial charge in [0.15, 0.2) is 0 Å². The molecule has 0 spiro atoms. The molecule has 1 aromatic heterocycles. The Kier molecular flexibility index (Phi) is 3.97. The average Bonchev–Trinajstić information content (AvgIpc) is 3.04. The van der Waals surface area contributed by atoms with E-state index in [4.69, 9.17) is 4.42 Å². The number of benzene rings is 3. The molecule has 0 N–H and O–H groups in total. The second-order valence-corrected chi connectivity index (χ2v) is 6.78. The van der Waals surface area contributed by atoms with Crippen LogP contribution in [0.5, 0.6) is 0 Å². The minimum absolute atomic E-state index is 0.0214. The Morgan fingerprint density at radius 2 is 1.68 bits per heavy atom. The van der Waals surface area contributed by atoms with Gasteiger partial charge in [0.1, 0.15) is 5.56 Å². The number of hydrogen-bond acceptors (Lipinski definition) is 7. The van der Waals surface area contributed by atoms with Gasteiger partial charge >= 0.3 is 5.63 Å². The number of amides is 2. The number of nitro groups is 1. The molecule has 0 aliphatic carbocycles. The van der Waals surface area contributed by atoms with Crippen molar-refractivity contribution in [2.75, 3.05) is 4.90 Å². The van der Waals surface area contributed by atoms with Crippen molar-refractivity contribution in [1.29, 1.82) is 0 Å². The number of imide groups is 1. The lowest BCUT2D eigenvalue weighted by Gasteiger charge is -2.14. The third-order valence-electron chi connectivity index (χ3n) is 4.98. The first-order chi connectivity index (χ1) is 15.0. The first kappa shape index (κ1) is 18.4. The van der Waals surface area contributed by atoms with Crippen molar-refractivity contribution in [1.82, 2.24) is 4.98 Å². The van der Waals surface area contributed by atoms with Gasteiger partial charge in [-0.05, 0) is 36.4 Å². The predicted molar refractivity (Wildman–Crippen MR) is 110 cm³/mol. The van der Waals surface area contributed by atoms with Gasteiger partial charge in [-0.1, -0.05) is 24.3 Å². The summed E-state index contributed by atoms with van der Waals surface area (Å²) in [7, 11) is 0. The number of fused-ring (bicyclic) bond motifs is 2. The van der Waals surface area contributed by atoms with Gasteiger partial charge in [0.05, 0.1) is 27.1 Å². The highest BCUT2D eigenvalue weighted by Crippen LogP contribution is 2.35. The molecule has 0 bridgehead atoms. The smallest absolute Gasteiger partial charge is 0.347 e. The topological polar surface area (TPSA) is 124 Å². The van der Waals surface area contributed by atoms with E-state index in [2.05, 4.69) is 4.98 Å². The molecule has 0 unspecified atom stereocenters.